The Morgan fingerprint density at radius 1 is 1.65 bits per heavy atom. The maximum atomic E-state index is 12.0. The zero-order valence-corrected chi connectivity index (χ0v) is 10.2. The summed E-state index contributed by atoms with van der Waals surface area (Å²) in [6.45, 7) is 3.20. The second kappa shape index (κ2) is 5.31. The van der Waals surface area contributed by atoms with Crippen molar-refractivity contribution in [1.29, 1.82) is 0 Å². The summed E-state index contributed by atoms with van der Waals surface area (Å²) >= 11 is 0. The minimum absolute atomic E-state index is 0.114. The number of carbonyl (C=O) groups is 1. The van der Waals surface area contributed by atoms with Crippen molar-refractivity contribution >= 4 is 5.91 Å². The zero-order chi connectivity index (χ0) is 12.3. The second-order valence-corrected chi connectivity index (χ2v) is 4.43. The number of aromatic nitrogens is 2. The van der Waals surface area contributed by atoms with Gasteiger partial charge in [0.2, 0.25) is 5.91 Å². The number of aliphatic hydroxyl groups is 1. The third kappa shape index (κ3) is 3.06. The van der Waals surface area contributed by atoms with E-state index in [1.165, 1.54) is 0 Å². The van der Waals surface area contributed by atoms with Crippen molar-refractivity contribution in [2.75, 3.05) is 13.2 Å². The molecule has 1 saturated carbocycles. The summed E-state index contributed by atoms with van der Waals surface area (Å²) in [7, 11) is 0. The molecule has 17 heavy (non-hydrogen) atoms. The SMILES string of the molecule is CCN(C(=O)Cn1cc(CCO)cn1)C1CC1. The molecule has 0 spiro atoms. The molecule has 1 heterocycles. The number of rotatable bonds is 6. The molecule has 1 N–H and O–H groups in total. The molecule has 0 saturated heterocycles. The van der Waals surface area contributed by atoms with Crippen molar-refractivity contribution < 1.29 is 9.90 Å². The van der Waals surface area contributed by atoms with E-state index in [4.69, 9.17) is 5.11 Å². The van der Waals surface area contributed by atoms with Crippen LogP contribution in [-0.2, 0) is 17.8 Å². The van der Waals surface area contributed by atoms with Crippen molar-refractivity contribution in [3.8, 4) is 0 Å². The number of nitrogens with zero attached hydrogens (tertiary/aromatic N) is 3. The molecule has 0 aromatic carbocycles. The summed E-state index contributed by atoms with van der Waals surface area (Å²) < 4.78 is 1.65. The number of likely N-dealkylation sites (N-methyl/N-ethyl adjacent to an activating group) is 1. The van der Waals surface area contributed by atoms with Crippen LogP contribution in [0.25, 0.3) is 0 Å². The molecular formula is C12H19N3O2. The Kier molecular flexibility index (Phi) is 3.78. The van der Waals surface area contributed by atoms with E-state index >= 15 is 0 Å². The molecule has 0 aliphatic heterocycles. The van der Waals surface area contributed by atoms with Gasteiger partial charge in [-0.1, -0.05) is 0 Å². The van der Waals surface area contributed by atoms with Gasteiger partial charge in [0, 0.05) is 25.4 Å². The number of hydrogen-bond donors (Lipinski definition) is 1. The zero-order valence-electron chi connectivity index (χ0n) is 10.2. The first-order valence-electron chi connectivity index (χ1n) is 6.16. The van der Waals surface area contributed by atoms with Crippen molar-refractivity contribution in [3.63, 3.8) is 0 Å². The standard InChI is InChI=1S/C12H19N3O2/c1-2-15(11-3-4-11)12(17)9-14-8-10(5-6-16)7-13-14/h7-8,11,16H,2-6,9H2,1H3. The van der Waals surface area contributed by atoms with Crippen LogP contribution in [0, 0.1) is 0 Å². The molecule has 94 valence electrons. The minimum atomic E-state index is 0.114. The Hall–Kier alpha value is -1.36. The topological polar surface area (TPSA) is 58.4 Å². The van der Waals surface area contributed by atoms with Gasteiger partial charge in [0.15, 0.2) is 0 Å². The monoisotopic (exact) mass is 237 g/mol. The maximum absolute atomic E-state index is 12.0. The van der Waals surface area contributed by atoms with Crippen LogP contribution in [0.2, 0.25) is 0 Å². The first kappa shape index (κ1) is 12.1. The first-order valence-corrected chi connectivity index (χ1v) is 6.16. The Bertz CT molecular complexity index is 385. The molecule has 1 amide bonds. The molecule has 5 heteroatoms. The maximum Gasteiger partial charge on any atom is 0.244 e. The molecule has 0 atom stereocenters. The van der Waals surface area contributed by atoms with Gasteiger partial charge in [-0.25, -0.2) is 0 Å². The van der Waals surface area contributed by atoms with Gasteiger partial charge in [0.25, 0.3) is 0 Å². The number of aliphatic hydroxyl groups excluding tert-OH is 1. The van der Waals surface area contributed by atoms with Gasteiger partial charge in [0.05, 0.1) is 6.20 Å². The van der Waals surface area contributed by atoms with Gasteiger partial charge in [-0.05, 0) is 31.7 Å². The molecule has 1 aliphatic carbocycles. The fourth-order valence-electron chi connectivity index (χ4n) is 2.00. The molecule has 1 aromatic heterocycles. The largest absolute Gasteiger partial charge is 0.396 e. The highest BCUT2D eigenvalue weighted by Gasteiger charge is 2.31. The first-order chi connectivity index (χ1) is 8.24. The summed E-state index contributed by atoms with van der Waals surface area (Å²) in [5.74, 6) is 0.133. The van der Waals surface area contributed by atoms with Crippen molar-refractivity contribution in [2.24, 2.45) is 0 Å². The van der Waals surface area contributed by atoms with Crippen LogP contribution in [0.3, 0.4) is 0 Å². The van der Waals surface area contributed by atoms with E-state index in [9.17, 15) is 4.79 Å². The van der Waals surface area contributed by atoms with E-state index in [1.807, 2.05) is 18.0 Å². The normalized spacial score (nSPS) is 14.9. The lowest BCUT2D eigenvalue weighted by Crippen LogP contribution is -2.35. The molecule has 0 bridgehead atoms. The summed E-state index contributed by atoms with van der Waals surface area (Å²) in [5, 5.41) is 12.9. The minimum Gasteiger partial charge on any atom is -0.396 e. The second-order valence-electron chi connectivity index (χ2n) is 4.43. The molecule has 1 fully saturated rings. The lowest BCUT2D eigenvalue weighted by Gasteiger charge is -2.20. The van der Waals surface area contributed by atoms with E-state index in [2.05, 4.69) is 5.10 Å². The number of amides is 1. The predicted octanol–water partition coefficient (Wildman–Crippen LogP) is 0.429. The Balaban J connectivity index is 1.92. The Morgan fingerprint density at radius 2 is 2.41 bits per heavy atom. The van der Waals surface area contributed by atoms with Crippen LogP contribution in [0.5, 0.6) is 0 Å². The van der Waals surface area contributed by atoms with Gasteiger partial charge < -0.3 is 10.0 Å². The van der Waals surface area contributed by atoms with E-state index in [0.717, 1.165) is 24.9 Å². The summed E-state index contributed by atoms with van der Waals surface area (Å²) in [6.07, 6.45) is 6.39. The number of carbonyl (C=O) groups excluding carboxylic acids is 1. The molecule has 0 radical (unpaired) electrons. The summed E-state index contributed by atoms with van der Waals surface area (Å²) in [6, 6.07) is 0.458. The molecule has 1 aliphatic rings. The average molecular weight is 237 g/mol. The summed E-state index contributed by atoms with van der Waals surface area (Å²) in [5.41, 5.74) is 0.967. The van der Waals surface area contributed by atoms with Crippen LogP contribution in [0.4, 0.5) is 0 Å². The van der Waals surface area contributed by atoms with E-state index in [-0.39, 0.29) is 12.5 Å². The van der Waals surface area contributed by atoms with Gasteiger partial charge >= 0.3 is 0 Å². The van der Waals surface area contributed by atoms with Crippen LogP contribution < -0.4 is 0 Å². The third-order valence-electron chi connectivity index (χ3n) is 3.03. The van der Waals surface area contributed by atoms with E-state index in [0.29, 0.717) is 19.0 Å². The highest BCUT2D eigenvalue weighted by molar-refractivity contribution is 5.76. The fraction of sp³-hybridized carbons (Fsp3) is 0.667. The van der Waals surface area contributed by atoms with Crippen LogP contribution in [0.15, 0.2) is 12.4 Å². The van der Waals surface area contributed by atoms with Gasteiger partial charge in [-0.2, -0.15) is 5.10 Å². The fourth-order valence-corrected chi connectivity index (χ4v) is 2.00. The molecule has 0 unspecified atom stereocenters. The average Bonchev–Trinajstić information content (AvgIpc) is 3.03. The van der Waals surface area contributed by atoms with Gasteiger partial charge in [0.1, 0.15) is 6.54 Å². The number of hydrogen-bond acceptors (Lipinski definition) is 3. The van der Waals surface area contributed by atoms with Crippen molar-refractivity contribution in [3.05, 3.63) is 18.0 Å². The highest BCUT2D eigenvalue weighted by atomic mass is 16.3. The van der Waals surface area contributed by atoms with Crippen LogP contribution in [-0.4, -0.2) is 44.9 Å². The van der Waals surface area contributed by atoms with E-state index in [1.54, 1.807) is 10.9 Å². The van der Waals surface area contributed by atoms with Gasteiger partial charge in [-0.15, -0.1) is 0 Å². The summed E-state index contributed by atoms with van der Waals surface area (Å²) in [4.78, 5) is 13.9. The molecule has 2 rings (SSSR count). The quantitative estimate of drug-likeness (QED) is 0.780. The van der Waals surface area contributed by atoms with Crippen LogP contribution in [0.1, 0.15) is 25.3 Å². The Morgan fingerprint density at radius 3 is 3.00 bits per heavy atom. The lowest BCUT2D eigenvalue weighted by atomic mass is 10.3. The van der Waals surface area contributed by atoms with Crippen molar-refractivity contribution in [2.45, 2.75) is 38.8 Å². The predicted molar refractivity (Wildman–Crippen MR) is 63.4 cm³/mol. The van der Waals surface area contributed by atoms with Crippen LogP contribution >= 0.6 is 0 Å². The van der Waals surface area contributed by atoms with Gasteiger partial charge in [-0.3, -0.25) is 9.48 Å². The molecule has 1 aromatic rings. The highest BCUT2D eigenvalue weighted by Crippen LogP contribution is 2.26. The third-order valence-corrected chi connectivity index (χ3v) is 3.03. The lowest BCUT2D eigenvalue weighted by molar-refractivity contribution is -0.132. The smallest absolute Gasteiger partial charge is 0.244 e. The van der Waals surface area contributed by atoms with E-state index < -0.39 is 0 Å². The molecule has 5 nitrogen and oxygen atoms in total. The molecular weight excluding hydrogens is 218 g/mol. The van der Waals surface area contributed by atoms with Crippen molar-refractivity contribution in [1.82, 2.24) is 14.7 Å². The Labute approximate surface area is 101 Å².